The van der Waals surface area contributed by atoms with Gasteiger partial charge in [-0.1, -0.05) is 56.3 Å². The SMILES string of the molecule is CC(C)(C)c1ccc(S(=O)(=O)c2cnc(SCC(=O)Nc3ccc(Cl)cc3)[nH]c2=O)cc1. The number of nitrogens with one attached hydrogen (secondary N) is 2. The number of sulfone groups is 1. The Kier molecular flexibility index (Phi) is 7.12. The molecule has 2 aromatic carbocycles. The summed E-state index contributed by atoms with van der Waals surface area (Å²) in [5.74, 6) is -0.332. The van der Waals surface area contributed by atoms with Crippen LogP contribution in [-0.2, 0) is 20.0 Å². The third kappa shape index (κ3) is 5.79. The second-order valence-electron chi connectivity index (χ2n) is 8.00. The van der Waals surface area contributed by atoms with E-state index in [0.717, 1.165) is 23.5 Å². The number of nitrogens with zero attached hydrogens (tertiary/aromatic N) is 1. The first-order chi connectivity index (χ1) is 15.0. The highest BCUT2D eigenvalue weighted by atomic mass is 35.5. The number of aromatic nitrogens is 2. The van der Waals surface area contributed by atoms with Gasteiger partial charge >= 0.3 is 0 Å². The van der Waals surface area contributed by atoms with Gasteiger partial charge in [0.05, 0.1) is 16.8 Å². The molecule has 0 radical (unpaired) electrons. The molecule has 1 heterocycles. The third-order valence-corrected chi connectivity index (χ3v) is 7.43. The molecule has 32 heavy (non-hydrogen) atoms. The third-order valence-electron chi connectivity index (χ3n) is 4.53. The van der Waals surface area contributed by atoms with Gasteiger partial charge in [0.25, 0.3) is 5.56 Å². The average molecular weight is 492 g/mol. The number of amides is 1. The molecule has 3 aromatic rings. The first kappa shape index (κ1) is 24.0. The number of H-pyrrole nitrogens is 1. The Labute approximate surface area is 195 Å². The highest BCUT2D eigenvalue weighted by molar-refractivity contribution is 7.99. The minimum atomic E-state index is -4.03. The smallest absolute Gasteiger partial charge is 0.270 e. The summed E-state index contributed by atoms with van der Waals surface area (Å²) < 4.78 is 25.8. The van der Waals surface area contributed by atoms with Crippen molar-refractivity contribution in [2.45, 2.75) is 41.1 Å². The first-order valence-electron chi connectivity index (χ1n) is 9.60. The summed E-state index contributed by atoms with van der Waals surface area (Å²) in [5, 5.41) is 3.39. The molecule has 1 aromatic heterocycles. The molecular weight excluding hydrogens is 470 g/mol. The van der Waals surface area contributed by atoms with Gasteiger partial charge in [0.1, 0.15) is 0 Å². The molecule has 0 aliphatic heterocycles. The molecular formula is C22H22ClN3O4S2. The summed E-state index contributed by atoms with van der Waals surface area (Å²) in [4.78, 5) is 30.5. The van der Waals surface area contributed by atoms with Crippen molar-refractivity contribution >= 4 is 44.8 Å². The van der Waals surface area contributed by atoms with E-state index in [9.17, 15) is 18.0 Å². The highest BCUT2D eigenvalue weighted by Crippen LogP contribution is 2.25. The standard InChI is InChI=1S/C22H22ClN3O4S2/c1-22(2,3)14-4-10-17(11-5-14)32(29,30)18-12-24-21(26-20(18)28)31-13-19(27)25-16-8-6-15(23)7-9-16/h4-12H,13H2,1-3H3,(H,25,27)(H,24,26,28). The van der Waals surface area contributed by atoms with Crippen molar-refractivity contribution in [1.29, 1.82) is 0 Å². The van der Waals surface area contributed by atoms with E-state index in [4.69, 9.17) is 11.6 Å². The van der Waals surface area contributed by atoms with E-state index < -0.39 is 20.3 Å². The number of carbonyl (C=O) groups is 1. The predicted molar refractivity (Wildman–Crippen MR) is 126 cm³/mol. The molecule has 0 spiro atoms. The van der Waals surface area contributed by atoms with Gasteiger partial charge in [0.2, 0.25) is 15.7 Å². The van der Waals surface area contributed by atoms with E-state index in [-0.39, 0.29) is 27.1 Å². The fourth-order valence-corrected chi connectivity index (χ4v) is 4.75. The molecule has 10 heteroatoms. The molecule has 3 rings (SSSR count). The molecule has 7 nitrogen and oxygen atoms in total. The number of aromatic amines is 1. The number of rotatable bonds is 6. The van der Waals surface area contributed by atoms with Crippen LogP contribution in [-0.4, -0.2) is 30.0 Å². The van der Waals surface area contributed by atoms with Crippen molar-refractivity contribution in [1.82, 2.24) is 9.97 Å². The molecule has 0 fully saturated rings. The minimum absolute atomic E-state index is 0.0144. The molecule has 168 valence electrons. The fourth-order valence-electron chi connectivity index (χ4n) is 2.76. The zero-order valence-corrected chi connectivity index (χ0v) is 20.1. The maximum Gasteiger partial charge on any atom is 0.270 e. The van der Waals surface area contributed by atoms with Gasteiger partial charge < -0.3 is 10.3 Å². The van der Waals surface area contributed by atoms with Crippen LogP contribution in [0.15, 0.2) is 74.5 Å². The van der Waals surface area contributed by atoms with Crippen molar-refractivity contribution in [3.63, 3.8) is 0 Å². The quantitative estimate of drug-likeness (QED) is 0.393. The Morgan fingerprint density at radius 2 is 1.72 bits per heavy atom. The summed E-state index contributed by atoms with van der Waals surface area (Å²) in [5.41, 5.74) is 0.646. The minimum Gasteiger partial charge on any atom is -0.325 e. The number of hydrogen-bond donors (Lipinski definition) is 2. The second-order valence-corrected chi connectivity index (χ2v) is 11.3. The monoisotopic (exact) mass is 491 g/mol. The topological polar surface area (TPSA) is 109 Å². The van der Waals surface area contributed by atoms with Crippen LogP contribution in [0.5, 0.6) is 0 Å². The predicted octanol–water partition coefficient (Wildman–Crippen LogP) is 4.28. The zero-order valence-electron chi connectivity index (χ0n) is 17.7. The zero-order chi connectivity index (χ0) is 23.5. The van der Waals surface area contributed by atoms with E-state index in [1.165, 1.54) is 12.1 Å². The lowest BCUT2D eigenvalue weighted by molar-refractivity contribution is -0.113. The van der Waals surface area contributed by atoms with Crippen molar-refractivity contribution in [3.8, 4) is 0 Å². The van der Waals surface area contributed by atoms with E-state index in [1.54, 1.807) is 36.4 Å². The molecule has 2 N–H and O–H groups in total. The Hall–Kier alpha value is -2.62. The summed E-state index contributed by atoms with van der Waals surface area (Å²) in [6.07, 6.45) is 1.02. The van der Waals surface area contributed by atoms with Crippen LogP contribution in [0.25, 0.3) is 0 Å². The maximum atomic E-state index is 12.9. The van der Waals surface area contributed by atoms with Crippen LogP contribution < -0.4 is 10.9 Å². The van der Waals surface area contributed by atoms with Crippen molar-refractivity contribution in [3.05, 3.63) is 75.7 Å². The fraction of sp³-hybridized carbons (Fsp3) is 0.227. The van der Waals surface area contributed by atoms with Crippen LogP contribution in [0.2, 0.25) is 5.02 Å². The Morgan fingerprint density at radius 3 is 2.28 bits per heavy atom. The molecule has 0 aliphatic carbocycles. The first-order valence-corrected chi connectivity index (χ1v) is 12.4. The molecule has 0 atom stereocenters. The number of thioether (sulfide) groups is 1. The Morgan fingerprint density at radius 1 is 1.09 bits per heavy atom. The van der Waals surface area contributed by atoms with E-state index in [2.05, 4.69) is 15.3 Å². The molecule has 1 amide bonds. The summed E-state index contributed by atoms with van der Waals surface area (Å²) in [6, 6.07) is 13.1. The number of halogens is 1. The van der Waals surface area contributed by atoms with Gasteiger partial charge in [-0.25, -0.2) is 13.4 Å². The van der Waals surface area contributed by atoms with Gasteiger partial charge in [-0.05, 0) is 47.4 Å². The van der Waals surface area contributed by atoms with Gasteiger partial charge in [-0.15, -0.1) is 0 Å². The molecule has 0 aliphatic rings. The Balaban J connectivity index is 1.70. The van der Waals surface area contributed by atoms with E-state index in [0.29, 0.717) is 10.7 Å². The molecule has 0 saturated carbocycles. The van der Waals surface area contributed by atoms with Gasteiger partial charge in [0, 0.05) is 10.7 Å². The number of hydrogen-bond acceptors (Lipinski definition) is 6. The average Bonchev–Trinajstić information content (AvgIpc) is 2.73. The second kappa shape index (κ2) is 9.48. The van der Waals surface area contributed by atoms with Crippen LogP contribution in [0, 0.1) is 0 Å². The number of benzene rings is 2. The van der Waals surface area contributed by atoms with Crippen molar-refractivity contribution in [2.75, 3.05) is 11.1 Å². The lowest BCUT2D eigenvalue weighted by Gasteiger charge is -2.19. The van der Waals surface area contributed by atoms with Gasteiger partial charge in [-0.2, -0.15) is 0 Å². The molecule has 0 unspecified atom stereocenters. The number of carbonyl (C=O) groups excluding carboxylic acids is 1. The summed E-state index contributed by atoms with van der Waals surface area (Å²) in [7, 11) is -4.03. The normalized spacial score (nSPS) is 11.9. The summed E-state index contributed by atoms with van der Waals surface area (Å²) in [6.45, 7) is 6.08. The van der Waals surface area contributed by atoms with Gasteiger partial charge in [0.15, 0.2) is 10.1 Å². The van der Waals surface area contributed by atoms with Crippen LogP contribution in [0.1, 0.15) is 26.3 Å². The van der Waals surface area contributed by atoms with E-state index >= 15 is 0 Å². The van der Waals surface area contributed by atoms with Crippen LogP contribution in [0.3, 0.4) is 0 Å². The lowest BCUT2D eigenvalue weighted by atomic mass is 9.87. The van der Waals surface area contributed by atoms with E-state index in [1.807, 2.05) is 20.8 Å². The number of anilines is 1. The van der Waals surface area contributed by atoms with Crippen molar-refractivity contribution in [2.24, 2.45) is 0 Å². The summed E-state index contributed by atoms with van der Waals surface area (Å²) >= 11 is 6.80. The molecule has 0 saturated heterocycles. The molecule has 0 bridgehead atoms. The van der Waals surface area contributed by atoms with Crippen molar-refractivity contribution < 1.29 is 13.2 Å². The van der Waals surface area contributed by atoms with Crippen LogP contribution in [0.4, 0.5) is 5.69 Å². The maximum absolute atomic E-state index is 12.9. The largest absolute Gasteiger partial charge is 0.325 e. The highest BCUT2D eigenvalue weighted by Gasteiger charge is 2.23. The van der Waals surface area contributed by atoms with Gasteiger partial charge in [-0.3, -0.25) is 9.59 Å². The van der Waals surface area contributed by atoms with Crippen LogP contribution >= 0.6 is 23.4 Å². The lowest BCUT2D eigenvalue weighted by Crippen LogP contribution is -2.20. The Bertz CT molecular complexity index is 1280.